The van der Waals surface area contributed by atoms with E-state index in [1.54, 1.807) is 12.1 Å². The minimum absolute atomic E-state index is 0.320. The van der Waals surface area contributed by atoms with E-state index in [-0.39, 0.29) is 4.90 Å². The van der Waals surface area contributed by atoms with Crippen LogP contribution in [0.25, 0.3) is 0 Å². The average molecular weight is 311 g/mol. The predicted octanol–water partition coefficient (Wildman–Crippen LogP) is 3.72. The van der Waals surface area contributed by atoms with Crippen LogP contribution in [-0.4, -0.2) is 8.42 Å². The lowest BCUT2D eigenvalue weighted by atomic mass is 10.1. The van der Waals surface area contributed by atoms with Crippen LogP contribution in [0.1, 0.15) is 18.9 Å². The zero-order chi connectivity index (χ0) is 15.5. The molecule has 0 spiro atoms. The monoisotopic (exact) mass is 311 g/mol. The molecule has 1 N–H and O–H groups in total. The van der Waals surface area contributed by atoms with Crippen molar-refractivity contribution in [1.29, 1.82) is 0 Å². The van der Waals surface area contributed by atoms with Gasteiger partial charge in [0.05, 0.1) is 4.90 Å². The SMILES string of the molecule is CCCc1ccc(NS(=O)(=O)c2ccc(F)c(F)c2)cc1. The highest BCUT2D eigenvalue weighted by molar-refractivity contribution is 7.92. The van der Waals surface area contributed by atoms with Crippen molar-refractivity contribution < 1.29 is 17.2 Å². The molecule has 0 heterocycles. The number of hydrogen-bond donors (Lipinski definition) is 1. The number of anilines is 1. The molecule has 0 fully saturated rings. The average Bonchev–Trinajstić information content (AvgIpc) is 2.44. The van der Waals surface area contributed by atoms with Crippen molar-refractivity contribution in [2.75, 3.05) is 4.72 Å². The molecule has 0 bridgehead atoms. The van der Waals surface area contributed by atoms with Crippen molar-refractivity contribution in [2.45, 2.75) is 24.7 Å². The van der Waals surface area contributed by atoms with Crippen LogP contribution in [0.4, 0.5) is 14.5 Å². The summed E-state index contributed by atoms with van der Waals surface area (Å²) in [5.41, 5.74) is 1.48. The van der Waals surface area contributed by atoms with Crippen LogP contribution < -0.4 is 4.72 Å². The first-order valence-electron chi connectivity index (χ1n) is 6.49. The van der Waals surface area contributed by atoms with Crippen LogP contribution in [-0.2, 0) is 16.4 Å². The van der Waals surface area contributed by atoms with Crippen molar-refractivity contribution in [3.05, 3.63) is 59.7 Å². The van der Waals surface area contributed by atoms with E-state index in [1.165, 1.54) is 0 Å². The molecule has 0 amide bonds. The summed E-state index contributed by atoms with van der Waals surface area (Å²) in [5.74, 6) is -2.28. The Balaban J connectivity index is 2.22. The van der Waals surface area contributed by atoms with Gasteiger partial charge in [-0.15, -0.1) is 0 Å². The zero-order valence-corrected chi connectivity index (χ0v) is 12.3. The van der Waals surface area contributed by atoms with Crippen LogP contribution in [0.2, 0.25) is 0 Å². The standard InChI is InChI=1S/C15H15F2NO2S/c1-2-3-11-4-6-12(7-5-11)18-21(19,20)13-8-9-14(16)15(17)10-13/h4-10,18H,2-3H2,1H3. The van der Waals surface area contributed by atoms with Crippen molar-refractivity contribution in [2.24, 2.45) is 0 Å². The quantitative estimate of drug-likeness (QED) is 0.915. The van der Waals surface area contributed by atoms with Gasteiger partial charge in [-0.1, -0.05) is 25.5 Å². The van der Waals surface area contributed by atoms with Crippen LogP contribution >= 0.6 is 0 Å². The van der Waals surface area contributed by atoms with Gasteiger partial charge in [-0.05, 0) is 42.3 Å². The van der Waals surface area contributed by atoms with Gasteiger partial charge in [0.2, 0.25) is 0 Å². The molecule has 0 saturated heterocycles. The first-order valence-corrected chi connectivity index (χ1v) is 7.97. The molecule has 112 valence electrons. The summed E-state index contributed by atoms with van der Waals surface area (Å²) < 4.78 is 52.4. The maximum atomic E-state index is 13.1. The number of halogens is 2. The molecule has 2 aromatic carbocycles. The van der Waals surface area contributed by atoms with Gasteiger partial charge >= 0.3 is 0 Å². The number of nitrogens with one attached hydrogen (secondary N) is 1. The second kappa shape index (κ2) is 6.22. The molecule has 0 aliphatic rings. The third kappa shape index (κ3) is 3.78. The predicted molar refractivity (Wildman–Crippen MR) is 77.6 cm³/mol. The third-order valence-corrected chi connectivity index (χ3v) is 4.33. The highest BCUT2D eigenvalue weighted by Gasteiger charge is 2.16. The summed E-state index contributed by atoms with van der Waals surface area (Å²) in [6, 6.07) is 9.40. The molecule has 21 heavy (non-hydrogen) atoms. The Labute approximate surface area is 122 Å². The molecule has 0 aliphatic heterocycles. The van der Waals surface area contributed by atoms with Crippen molar-refractivity contribution >= 4 is 15.7 Å². The minimum atomic E-state index is -3.93. The van der Waals surface area contributed by atoms with E-state index in [0.29, 0.717) is 11.8 Å². The summed E-state index contributed by atoms with van der Waals surface area (Å²) in [6.45, 7) is 2.06. The van der Waals surface area contributed by atoms with Gasteiger partial charge in [0.1, 0.15) is 0 Å². The summed E-state index contributed by atoms with van der Waals surface area (Å²) >= 11 is 0. The van der Waals surface area contributed by atoms with E-state index in [2.05, 4.69) is 11.6 Å². The van der Waals surface area contributed by atoms with Gasteiger partial charge < -0.3 is 0 Å². The van der Waals surface area contributed by atoms with Crippen LogP contribution in [0.3, 0.4) is 0 Å². The Bertz CT molecular complexity index is 728. The number of benzene rings is 2. The molecule has 0 unspecified atom stereocenters. The van der Waals surface area contributed by atoms with Gasteiger partial charge in [0.25, 0.3) is 10.0 Å². The second-order valence-electron chi connectivity index (χ2n) is 4.63. The Morgan fingerprint density at radius 3 is 2.24 bits per heavy atom. The second-order valence-corrected chi connectivity index (χ2v) is 6.31. The number of aryl methyl sites for hydroxylation is 1. The summed E-state index contributed by atoms with van der Waals surface area (Å²) in [7, 11) is -3.93. The zero-order valence-electron chi connectivity index (χ0n) is 11.4. The van der Waals surface area contributed by atoms with E-state index in [4.69, 9.17) is 0 Å². The third-order valence-electron chi connectivity index (χ3n) is 2.95. The van der Waals surface area contributed by atoms with Gasteiger partial charge in [-0.2, -0.15) is 0 Å². The Hall–Kier alpha value is -1.95. The molecule has 6 heteroatoms. The summed E-state index contributed by atoms with van der Waals surface area (Å²) in [6.07, 6.45) is 1.91. The maximum absolute atomic E-state index is 13.1. The largest absolute Gasteiger partial charge is 0.280 e. The maximum Gasteiger partial charge on any atom is 0.261 e. The molecular formula is C15H15F2NO2S. The fourth-order valence-electron chi connectivity index (χ4n) is 1.89. The molecule has 2 rings (SSSR count). The number of sulfonamides is 1. The van der Waals surface area contributed by atoms with Crippen LogP contribution in [0, 0.1) is 11.6 Å². The minimum Gasteiger partial charge on any atom is -0.280 e. The molecule has 0 atom stereocenters. The molecule has 2 aromatic rings. The molecule has 3 nitrogen and oxygen atoms in total. The molecular weight excluding hydrogens is 296 g/mol. The lowest BCUT2D eigenvalue weighted by Crippen LogP contribution is -2.13. The smallest absolute Gasteiger partial charge is 0.261 e. The first-order chi connectivity index (χ1) is 9.92. The van der Waals surface area contributed by atoms with Gasteiger partial charge in [0.15, 0.2) is 11.6 Å². The molecule has 0 radical (unpaired) electrons. The fourth-order valence-corrected chi connectivity index (χ4v) is 2.96. The van der Waals surface area contributed by atoms with Crippen molar-refractivity contribution in [3.8, 4) is 0 Å². The summed E-state index contributed by atoms with van der Waals surface area (Å²) in [5, 5.41) is 0. The Morgan fingerprint density at radius 1 is 1.00 bits per heavy atom. The molecule has 0 aromatic heterocycles. The molecule has 0 aliphatic carbocycles. The fraction of sp³-hybridized carbons (Fsp3) is 0.200. The summed E-state index contributed by atoms with van der Waals surface area (Å²) in [4.78, 5) is -0.320. The van der Waals surface area contributed by atoms with E-state index in [9.17, 15) is 17.2 Å². The van der Waals surface area contributed by atoms with Gasteiger partial charge in [-0.25, -0.2) is 17.2 Å². The number of rotatable bonds is 5. The Kier molecular flexibility index (Phi) is 4.57. The first kappa shape index (κ1) is 15.4. The van der Waals surface area contributed by atoms with E-state index in [1.807, 2.05) is 12.1 Å². The topological polar surface area (TPSA) is 46.2 Å². The Morgan fingerprint density at radius 2 is 1.67 bits per heavy atom. The highest BCUT2D eigenvalue weighted by Crippen LogP contribution is 2.19. The van der Waals surface area contributed by atoms with E-state index >= 15 is 0 Å². The lowest BCUT2D eigenvalue weighted by molar-refractivity contribution is 0.504. The van der Waals surface area contributed by atoms with E-state index < -0.39 is 21.7 Å². The van der Waals surface area contributed by atoms with Gasteiger partial charge in [0, 0.05) is 5.69 Å². The number of hydrogen-bond acceptors (Lipinski definition) is 2. The van der Waals surface area contributed by atoms with Crippen LogP contribution in [0.15, 0.2) is 47.4 Å². The van der Waals surface area contributed by atoms with Gasteiger partial charge in [-0.3, -0.25) is 4.72 Å². The van der Waals surface area contributed by atoms with Crippen molar-refractivity contribution in [3.63, 3.8) is 0 Å². The highest BCUT2D eigenvalue weighted by atomic mass is 32.2. The van der Waals surface area contributed by atoms with E-state index in [0.717, 1.165) is 30.5 Å². The lowest BCUT2D eigenvalue weighted by Gasteiger charge is -2.09. The van der Waals surface area contributed by atoms with Crippen LogP contribution in [0.5, 0.6) is 0 Å². The molecule has 0 saturated carbocycles. The van der Waals surface area contributed by atoms with Crippen molar-refractivity contribution in [1.82, 2.24) is 0 Å². The normalized spacial score (nSPS) is 11.4.